The van der Waals surface area contributed by atoms with Gasteiger partial charge in [0.1, 0.15) is 0 Å². The van der Waals surface area contributed by atoms with Crippen LogP contribution in [0.2, 0.25) is 0 Å². The lowest BCUT2D eigenvalue weighted by atomic mass is 10.1. The minimum Gasteiger partial charge on any atom is -0.294 e. The van der Waals surface area contributed by atoms with Crippen LogP contribution in [0, 0.1) is 0 Å². The standard InChI is InChI=1S/C21H24N2O2/c24-20-12-7-14-23(20)21(25)13-15-22(16-18-8-3-1-4-9-18)17-19-10-5-2-6-11-19/h1-6,8-11H,7,12-17H2. The molecule has 25 heavy (non-hydrogen) atoms. The summed E-state index contributed by atoms with van der Waals surface area (Å²) in [5.74, 6) is -0.0729. The van der Waals surface area contributed by atoms with Crippen LogP contribution in [-0.2, 0) is 22.7 Å². The van der Waals surface area contributed by atoms with Gasteiger partial charge in [0.15, 0.2) is 0 Å². The minimum atomic E-state index is -0.0476. The van der Waals surface area contributed by atoms with Crippen LogP contribution in [0.3, 0.4) is 0 Å². The maximum absolute atomic E-state index is 12.3. The van der Waals surface area contributed by atoms with Gasteiger partial charge < -0.3 is 0 Å². The number of amides is 2. The van der Waals surface area contributed by atoms with Gasteiger partial charge in [-0.1, -0.05) is 60.7 Å². The van der Waals surface area contributed by atoms with E-state index in [1.54, 1.807) is 0 Å². The first-order chi connectivity index (χ1) is 12.2. The molecule has 2 amide bonds. The molecule has 1 aliphatic heterocycles. The van der Waals surface area contributed by atoms with E-state index in [9.17, 15) is 9.59 Å². The van der Waals surface area contributed by atoms with Gasteiger partial charge in [0.2, 0.25) is 11.8 Å². The van der Waals surface area contributed by atoms with Gasteiger partial charge in [0, 0.05) is 39.0 Å². The predicted octanol–water partition coefficient (Wildman–Crippen LogP) is 3.23. The van der Waals surface area contributed by atoms with Crippen molar-refractivity contribution >= 4 is 11.8 Å². The third-order valence-corrected chi connectivity index (χ3v) is 4.51. The maximum atomic E-state index is 12.3. The summed E-state index contributed by atoms with van der Waals surface area (Å²) in [4.78, 5) is 27.8. The summed E-state index contributed by atoms with van der Waals surface area (Å²) in [6.45, 7) is 2.80. The molecule has 1 aliphatic rings. The van der Waals surface area contributed by atoms with Crippen LogP contribution in [0.5, 0.6) is 0 Å². The molecule has 0 spiro atoms. The molecule has 1 heterocycles. The monoisotopic (exact) mass is 336 g/mol. The molecule has 2 aromatic carbocycles. The van der Waals surface area contributed by atoms with E-state index >= 15 is 0 Å². The molecule has 4 heteroatoms. The topological polar surface area (TPSA) is 40.6 Å². The number of benzene rings is 2. The molecule has 0 bridgehead atoms. The normalized spacial score (nSPS) is 14.3. The average molecular weight is 336 g/mol. The minimum absolute atomic E-state index is 0.0253. The fourth-order valence-electron chi connectivity index (χ4n) is 3.20. The molecule has 1 fully saturated rings. The Hall–Kier alpha value is -2.46. The van der Waals surface area contributed by atoms with E-state index in [0.29, 0.717) is 25.9 Å². The SMILES string of the molecule is O=C1CCCN1C(=O)CCN(Cc1ccccc1)Cc1ccccc1. The lowest BCUT2D eigenvalue weighted by Gasteiger charge is -2.23. The molecule has 0 aromatic heterocycles. The van der Waals surface area contributed by atoms with Gasteiger partial charge in [-0.15, -0.1) is 0 Å². The van der Waals surface area contributed by atoms with Gasteiger partial charge in [0.25, 0.3) is 0 Å². The summed E-state index contributed by atoms with van der Waals surface area (Å²) >= 11 is 0. The number of imide groups is 1. The molecule has 0 saturated carbocycles. The smallest absolute Gasteiger partial charge is 0.230 e. The molecule has 130 valence electrons. The number of nitrogens with zero attached hydrogens (tertiary/aromatic N) is 2. The Kier molecular flexibility index (Phi) is 5.96. The molecule has 4 nitrogen and oxygen atoms in total. The Balaban J connectivity index is 1.63. The lowest BCUT2D eigenvalue weighted by molar-refractivity contribution is -0.142. The Morgan fingerprint density at radius 2 is 1.48 bits per heavy atom. The summed E-state index contributed by atoms with van der Waals surface area (Å²) < 4.78 is 0. The molecule has 3 rings (SSSR count). The van der Waals surface area contributed by atoms with E-state index in [1.165, 1.54) is 16.0 Å². The van der Waals surface area contributed by atoms with Crippen molar-refractivity contribution in [1.29, 1.82) is 0 Å². The zero-order valence-corrected chi connectivity index (χ0v) is 14.4. The van der Waals surface area contributed by atoms with Crippen LogP contribution >= 0.6 is 0 Å². The van der Waals surface area contributed by atoms with E-state index < -0.39 is 0 Å². The van der Waals surface area contributed by atoms with Gasteiger partial charge in [-0.05, 0) is 17.5 Å². The maximum Gasteiger partial charge on any atom is 0.230 e. The highest BCUT2D eigenvalue weighted by Gasteiger charge is 2.26. The highest BCUT2D eigenvalue weighted by atomic mass is 16.2. The van der Waals surface area contributed by atoms with Crippen LogP contribution in [0.4, 0.5) is 0 Å². The first-order valence-corrected chi connectivity index (χ1v) is 8.86. The number of rotatable bonds is 7. The largest absolute Gasteiger partial charge is 0.294 e. The van der Waals surface area contributed by atoms with E-state index in [1.807, 2.05) is 36.4 Å². The predicted molar refractivity (Wildman–Crippen MR) is 97.6 cm³/mol. The van der Waals surface area contributed by atoms with Gasteiger partial charge in [-0.25, -0.2) is 0 Å². The Morgan fingerprint density at radius 3 is 1.96 bits per heavy atom. The van der Waals surface area contributed by atoms with Gasteiger partial charge >= 0.3 is 0 Å². The van der Waals surface area contributed by atoms with Crippen LogP contribution < -0.4 is 0 Å². The Bertz CT molecular complexity index is 659. The summed E-state index contributed by atoms with van der Waals surface area (Å²) in [7, 11) is 0. The van der Waals surface area contributed by atoms with Crippen molar-refractivity contribution in [2.24, 2.45) is 0 Å². The first kappa shape index (κ1) is 17.4. The molecule has 0 radical (unpaired) electrons. The fourth-order valence-corrected chi connectivity index (χ4v) is 3.20. The van der Waals surface area contributed by atoms with Crippen LogP contribution in [0.25, 0.3) is 0 Å². The van der Waals surface area contributed by atoms with Crippen molar-refractivity contribution in [3.8, 4) is 0 Å². The average Bonchev–Trinajstić information content (AvgIpc) is 3.07. The molecule has 0 N–H and O–H groups in total. The van der Waals surface area contributed by atoms with E-state index in [2.05, 4.69) is 29.2 Å². The zero-order chi connectivity index (χ0) is 17.5. The molecular formula is C21H24N2O2. The number of hydrogen-bond acceptors (Lipinski definition) is 3. The summed E-state index contributed by atoms with van der Waals surface area (Å²) in [5, 5.41) is 0. The third kappa shape index (κ3) is 5.00. The Labute approximate surface area is 149 Å². The molecule has 0 unspecified atom stereocenters. The number of hydrogen-bond donors (Lipinski definition) is 0. The van der Waals surface area contributed by atoms with E-state index in [-0.39, 0.29) is 11.8 Å². The summed E-state index contributed by atoms with van der Waals surface area (Å²) in [5.41, 5.74) is 2.45. The molecule has 0 aliphatic carbocycles. The Morgan fingerprint density at radius 1 is 0.920 bits per heavy atom. The second-order valence-electron chi connectivity index (χ2n) is 6.47. The highest BCUT2D eigenvalue weighted by Crippen LogP contribution is 2.14. The van der Waals surface area contributed by atoms with Crippen molar-refractivity contribution in [2.75, 3.05) is 13.1 Å². The lowest BCUT2D eigenvalue weighted by Crippen LogP contribution is -2.35. The summed E-state index contributed by atoms with van der Waals surface area (Å²) in [6.07, 6.45) is 1.68. The van der Waals surface area contributed by atoms with Gasteiger partial charge in [-0.2, -0.15) is 0 Å². The molecule has 1 saturated heterocycles. The first-order valence-electron chi connectivity index (χ1n) is 8.86. The van der Waals surface area contributed by atoms with Crippen molar-refractivity contribution in [2.45, 2.75) is 32.4 Å². The zero-order valence-electron chi connectivity index (χ0n) is 14.4. The van der Waals surface area contributed by atoms with E-state index in [4.69, 9.17) is 0 Å². The van der Waals surface area contributed by atoms with Crippen molar-refractivity contribution < 1.29 is 9.59 Å². The van der Waals surface area contributed by atoms with Crippen LogP contribution in [0.1, 0.15) is 30.4 Å². The second kappa shape index (κ2) is 8.58. The molecule has 2 aromatic rings. The number of carbonyl (C=O) groups is 2. The number of likely N-dealkylation sites (tertiary alicyclic amines) is 1. The van der Waals surface area contributed by atoms with E-state index in [0.717, 1.165) is 19.5 Å². The second-order valence-corrected chi connectivity index (χ2v) is 6.47. The van der Waals surface area contributed by atoms with Crippen molar-refractivity contribution in [3.05, 3.63) is 71.8 Å². The molecule has 0 atom stereocenters. The fraction of sp³-hybridized carbons (Fsp3) is 0.333. The van der Waals surface area contributed by atoms with Crippen molar-refractivity contribution in [3.63, 3.8) is 0 Å². The van der Waals surface area contributed by atoms with Crippen LogP contribution in [0.15, 0.2) is 60.7 Å². The highest BCUT2D eigenvalue weighted by molar-refractivity contribution is 5.96. The quantitative estimate of drug-likeness (QED) is 0.779. The summed E-state index contributed by atoms with van der Waals surface area (Å²) in [6, 6.07) is 20.5. The van der Waals surface area contributed by atoms with Crippen LogP contribution in [-0.4, -0.2) is 34.7 Å². The van der Waals surface area contributed by atoms with Gasteiger partial charge in [-0.3, -0.25) is 19.4 Å². The van der Waals surface area contributed by atoms with Gasteiger partial charge in [0.05, 0.1) is 0 Å². The molecular weight excluding hydrogens is 312 g/mol. The third-order valence-electron chi connectivity index (χ3n) is 4.51. The number of carbonyl (C=O) groups excluding carboxylic acids is 2. The van der Waals surface area contributed by atoms with Crippen molar-refractivity contribution in [1.82, 2.24) is 9.80 Å².